The first-order valence-corrected chi connectivity index (χ1v) is 11.4. The van der Waals surface area contributed by atoms with Gasteiger partial charge < -0.3 is 19.8 Å². The van der Waals surface area contributed by atoms with Crippen LogP contribution in [0.15, 0.2) is 71.4 Å². The predicted octanol–water partition coefficient (Wildman–Crippen LogP) is 3.88. The lowest BCUT2D eigenvalue weighted by Gasteiger charge is -2.12. The number of ether oxygens (including phenoxy) is 1. The zero-order valence-electron chi connectivity index (χ0n) is 19.2. The van der Waals surface area contributed by atoms with E-state index >= 15 is 0 Å². The molecule has 0 bridgehead atoms. The first kappa shape index (κ1) is 22.5. The van der Waals surface area contributed by atoms with E-state index in [1.807, 2.05) is 42.6 Å². The molecule has 9 heteroatoms. The number of anilines is 1. The standard InChI is InChI=1S/C26H25N5O4/c1-17-22(16-27-24(32)18-9-11-19(12-10-18)31-14-5-13-28-31)30-26(35-17)20-6-2-3-7-21(20)29-25(33)23-8-4-15-34-23/h2-3,5-7,9-14,23H,4,8,15-16H2,1H3,(H,27,32)(H,29,33). The molecule has 4 aromatic rings. The van der Waals surface area contributed by atoms with Crippen molar-refractivity contribution in [2.75, 3.05) is 11.9 Å². The molecule has 1 aliphatic heterocycles. The molecule has 1 fully saturated rings. The number of benzene rings is 2. The second kappa shape index (κ2) is 9.94. The van der Waals surface area contributed by atoms with Crippen LogP contribution in [0.2, 0.25) is 0 Å². The van der Waals surface area contributed by atoms with Gasteiger partial charge in [-0.05, 0) is 62.2 Å². The summed E-state index contributed by atoms with van der Waals surface area (Å²) in [4.78, 5) is 29.8. The number of para-hydroxylation sites is 1. The van der Waals surface area contributed by atoms with Gasteiger partial charge in [0.05, 0.1) is 23.5 Å². The molecule has 0 spiro atoms. The second-order valence-corrected chi connectivity index (χ2v) is 8.24. The number of amides is 2. The number of hydrogen-bond acceptors (Lipinski definition) is 6. The Kier molecular flexibility index (Phi) is 6.40. The lowest BCUT2D eigenvalue weighted by Crippen LogP contribution is -2.27. The smallest absolute Gasteiger partial charge is 0.253 e. The van der Waals surface area contributed by atoms with Gasteiger partial charge in [0.1, 0.15) is 17.6 Å². The van der Waals surface area contributed by atoms with E-state index in [0.29, 0.717) is 47.2 Å². The van der Waals surface area contributed by atoms with Crippen LogP contribution in [0, 0.1) is 6.92 Å². The van der Waals surface area contributed by atoms with Crippen molar-refractivity contribution in [3.05, 3.63) is 84.0 Å². The van der Waals surface area contributed by atoms with Crippen LogP contribution in [0.5, 0.6) is 0 Å². The normalized spacial score (nSPS) is 15.2. The molecular formula is C26H25N5O4. The van der Waals surface area contributed by atoms with Crippen molar-refractivity contribution in [1.29, 1.82) is 0 Å². The number of rotatable bonds is 7. The summed E-state index contributed by atoms with van der Waals surface area (Å²) < 4.78 is 13.1. The highest BCUT2D eigenvalue weighted by Gasteiger charge is 2.25. The number of aromatic nitrogens is 3. The third-order valence-electron chi connectivity index (χ3n) is 5.84. The maximum atomic E-state index is 12.7. The van der Waals surface area contributed by atoms with Gasteiger partial charge in [-0.3, -0.25) is 9.59 Å². The molecule has 0 radical (unpaired) electrons. The molecule has 2 amide bonds. The summed E-state index contributed by atoms with van der Waals surface area (Å²) in [5.41, 5.74) is 3.27. The summed E-state index contributed by atoms with van der Waals surface area (Å²) in [6, 6.07) is 16.3. The fraction of sp³-hybridized carbons (Fsp3) is 0.231. The van der Waals surface area contributed by atoms with E-state index in [4.69, 9.17) is 9.15 Å². The van der Waals surface area contributed by atoms with Crippen molar-refractivity contribution in [3.8, 4) is 17.1 Å². The predicted molar refractivity (Wildman–Crippen MR) is 129 cm³/mol. The van der Waals surface area contributed by atoms with Crippen LogP contribution < -0.4 is 10.6 Å². The Hall–Kier alpha value is -4.24. The van der Waals surface area contributed by atoms with Gasteiger partial charge in [-0.25, -0.2) is 9.67 Å². The van der Waals surface area contributed by atoms with Crippen LogP contribution in [-0.2, 0) is 16.1 Å². The van der Waals surface area contributed by atoms with Gasteiger partial charge in [0.25, 0.3) is 11.8 Å². The third kappa shape index (κ3) is 4.99. The highest BCUT2D eigenvalue weighted by molar-refractivity contribution is 5.97. The fourth-order valence-corrected chi connectivity index (χ4v) is 3.94. The Morgan fingerprint density at radius 2 is 1.94 bits per heavy atom. The van der Waals surface area contributed by atoms with Crippen LogP contribution in [0.4, 0.5) is 5.69 Å². The SMILES string of the molecule is Cc1oc(-c2ccccc2NC(=O)C2CCCO2)nc1CNC(=O)c1ccc(-n2cccn2)cc1. The quantitative estimate of drug-likeness (QED) is 0.423. The Morgan fingerprint density at radius 3 is 2.69 bits per heavy atom. The molecule has 35 heavy (non-hydrogen) atoms. The van der Waals surface area contributed by atoms with E-state index in [9.17, 15) is 9.59 Å². The summed E-state index contributed by atoms with van der Waals surface area (Å²) >= 11 is 0. The maximum Gasteiger partial charge on any atom is 0.253 e. The molecule has 3 heterocycles. The van der Waals surface area contributed by atoms with Crippen molar-refractivity contribution < 1.29 is 18.7 Å². The molecule has 2 aromatic heterocycles. The van der Waals surface area contributed by atoms with Crippen molar-refractivity contribution in [2.24, 2.45) is 0 Å². The third-order valence-corrected chi connectivity index (χ3v) is 5.84. The molecule has 2 aromatic carbocycles. The minimum Gasteiger partial charge on any atom is -0.441 e. The first-order chi connectivity index (χ1) is 17.1. The van der Waals surface area contributed by atoms with Gasteiger partial charge >= 0.3 is 0 Å². The van der Waals surface area contributed by atoms with Crippen molar-refractivity contribution >= 4 is 17.5 Å². The highest BCUT2D eigenvalue weighted by atomic mass is 16.5. The lowest BCUT2D eigenvalue weighted by atomic mass is 10.1. The number of carbonyl (C=O) groups is 2. The molecule has 1 aliphatic rings. The van der Waals surface area contributed by atoms with Gasteiger partial charge in [-0.2, -0.15) is 5.10 Å². The minimum absolute atomic E-state index is 0.177. The topological polar surface area (TPSA) is 111 Å². The van der Waals surface area contributed by atoms with Crippen LogP contribution in [0.3, 0.4) is 0 Å². The zero-order valence-corrected chi connectivity index (χ0v) is 19.2. The van der Waals surface area contributed by atoms with Crippen LogP contribution in [-0.4, -0.2) is 39.3 Å². The second-order valence-electron chi connectivity index (χ2n) is 8.24. The molecule has 178 valence electrons. The Morgan fingerprint density at radius 1 is 1.11 bits per heavy atom. The van der Waals surface area contributed by atoms with E-state index < -0.39 is 6.10 Å². The van der Waals surface area contributed by atoms with E-state index in [1.165, 1.54) is 0 Å². The highest BCUT2D eigenvalue weighted by Crippen LogP contribution is 2.29. The molecule has 9 nitrogen and oxygen atoms in total. The molecule has 0 aliphatic carbocycles. The molecule has 0 saturated carbocycles. The van der Waals surface area contributed by atoms with Gasteiger partial charge in [-0.15, -0.1) is 0 Å². The number of carbonyl (C=O) groups excluding carboxylic acids is 2. The molecule has 1 unspecified atom stereocenters. The van der Waals surface area contributed by atoms with Gasteiger partial charge in [-0.1, -0.05) is 12.1 Å². The monoisotopic (exact) mass is 471 g/mol. The number of hydrogen-bond donors (Lipinski definition) is 2. The van der Waals surface area contributed by atoms with E-state index in [-0.39, 0.29) is 18.4 Å². The molecule has 5 rings (SSSR count). The van der Waals surface area contributed by atoms with Crippen molar-refractivity contribution in [2.45, 2.75) is 32.4 Å². The summed E-state index contributed by atoms with van der Waals surface area (Å²) in [6.07, 6.45) is 4.69. The molecule has 1 saturated heterocycles. The van der Waals surface area contributed by atoms with Gasteiger partial charge in [0.2, 0.25) is 5.89 Å². The molecular weight excluding hydrogens is 446 g/mol. The zero-order chi connectivity index (χ0) is 24.2. The van der Waals surface area contributed by atoms with Gasteiger partial charge in [0.15, 0.2) is 0 Å². The summed E-state index contributed by atoms with van der Waals surface area (Å²) in [7, 11) is 0. The Labute approximate surface area is 202 Å². The number of nitrogens with zero attached hydrogens (tertiary/aromatic N) is 3. The van der Waals surface area contributed by atoms with Crippen LogP contribution in [0.1, 0.15) is 34.7 Å². The largest absolute Gasteiger partial charge is 0.441 e. The average Bonchev–Trinajstić information content (AvgIpc) is 3.66. The maximum absolute atomic E-state index is 12.7. The number of nitrogens with one attached hydrogen (secondary N) is 2. The fourth-order valence-electron chi connectivity index (χ4n) is 3.94. The minimum atomic E-state index is -0.436. The van der Waals surface area contributed by atoms with E-state index in [2.05, 4.69) is 20.7 Å². The average molecular weight is 472 g/mol. The van der Waals surface area contributed by atoms with E-state index in [0.717, 1.165) is 12.1 Å². The summed E-state index contributed by atoms with van der Waals surface area (Å²) in [5, 5.41) is 10.00. The molecule has 1 atom stereocenters. The number of oxazole rings is 1. The molecule has 2 N–H and O–H groups in total. The van der Waals surface area contributed by atoms with Crippen LogP contribution >= 0.6 is 0 Å². The van der Waals surface area contributed by atoms with Gasteiger partial charge in [0, 0.05) is 24.6 Å². The lowest BCUT2D eigenvalue weighted by molar-refractivity contribution is -0.124. The summed E-state index contributed by atoms with van der Waals surface area (Å²) in [5.74, 6) is 0.572. The number of aryl methyl sites for hydroxylation is 1. The summed E-state index contributed by atoms with van der Waals surface area (Å²) in [6.45, 7) is 2.60. The Balaban J connectivity index is 1.26. The van der Waals surface area contributed by atoms with Crippen molar-refractivity contribution in [1.82, 2.24) is 20.1 Å². The van der Waals surface area contributed by atoms with Crippen molar-refractivity contribution in [3.63, 3.8) is 0 Å². The Bertz CT molecular complexity index is 1320. The van der Waals surface area contributed by atoms with E-state index in [1.54, 1.807) is 36.0 Å². The first-order valence-electron chi connectivity index (χ1n) is 11.4. The van der Waals surface area contributed by atoms with Crippen LogP contribution in [0.25, 0.3) is 17.1 Å².